The van der Waals surface area contributed by atoms with Crippen molar-refractivity contribution in [3.63, 3.8) is 0 Å². The third-order valence-electron chi connectivity index (χ3n) is 5.49. The predicted molar refractivity (Wildman–Crippen MR) is 110 cm³/mol. The fraction of sp³-hybridized carbons (Fsp3) is 0.636. The Balaban J connectivity index is 1.47. The summed E-state index contributed by atoms with van der Waals surface area (Å²) in [6, 6.07) is 4.73. The number of hydrogen-bond acceptors (Lipinski definition) is 7. The summed E-state index contributed by atoms with van der Waals surface area (Å²) in [4.78, 5) is 19.5. The van der Waals surface area contributed by atoms with Crippen LogP contribution in [-0.4, -0.2) is 66.9 Å². The maximum absolute atomic E-state index is 12.9. The van der Waals surface area contributed by atoms with Crippen LogP contribution < -0.4 is 9.47 Å². The molecule has 2 saturated heterocycles. The second-order valence-electron chi connectivity index (χ2n) is 9.29. The quantitative estimate of drug-likeness (QED) is 0.670. The molecule has 32 heavy (non-hydrogen) atoms. The molecule has 1 aromatic rings. The number of carbonyl (C=O) groups is 1. The van der Waals surface area contributed by atoms with Crippen LogP contribution in [0.2, 0.25) is 0 Å². The normalized spacial score (nSPS) is 25.2. The van der Waals surface area contributed by atoms with E-state index in [1.54, 1.807) is 37.8 Å². The highest BCUT2D eigenvalue weighted by atomic mass is 19.3. The summed E-state index contributed by atoms with van der Waals surface area (Å²) in [6.45, 7) is 4.23. The lowest BCUT2D eigenvalue weighted by Crippen LogP contribution is -2.36. The molecular weight excluding hydrogens is 426 g/mol. The van der Waals surface area contributed by atoms with E-state index in [4.69, 9.17) is 19.0 Å². The van der Waals surface area contributed by atoms with Crippen molar-refractivity contribution in [2.24, 2.45) is 5.16 Å². The summed E-state index contributed by atoms with van der Waals surface area (Å²) in [7, 11) is 0. The van der Waals surface area contributed by atoms with E-state index >= 15 is 0 Å². The van der Waals surface area contributed by atoms with Gasteiger partial charge in [-0.2, -0.15) is 8.78 Å². The van der Waals surface area contributed by atoms with Gasteiger partial charge in [0.2, 0.25) is 0 Å². The molecule has 4 rings (SSSR count). The monoisotopic (exact) mass is 454 g/mol. The summed E-state index contributed by atoms with van der Waals surface area (Å²) >= 11 is 0. The number of halogens is 2. The lowest BCUT2D eigenvalue weighted by atomic mass is 9.93. The Morgan fingerprint density at radius 3 is 2.81 bits per heavy atom. The number of oxime groups is 1. The molecule has 0 aliphatic carbocycles. The first kappa shape index (κ1) is 22.6. The molecule has 3 aliphatic heterocycles. The molecule has 2 fully saturated rings. The van der Waals surface area contributed by atoms with Gasteiger partial charge in [-0.15, -0.1) is 0 Å². The molecule has 2 atom stereocenters. The van der Waals surface area contributed by atoms with Crippen LogP contribution in [0.3, 0.4) is 0 Å². The van der Waals surface area contributed by atoms with Crippen LogP contribution in [0.25, 0.3) is 0 Å². The van der Waals surface area contributed by atoms with Crippen LogP contribution in [0.5, 0.6) is 11.5 Å². The lowest BCUT2D eigenvalue weighted by molar-refractivity contribution is -0.0520. The number of amides is 1. The Labute approximate surface area is 185 Å². The Bertz CT molecular complexity index is 880. The summed E-state index contributed by atoms with van der Waals surface area (Å²) in [5.41, 5.74) is 0.348. The van der Waals surface area contributed by atoms with Crippen molar-refractivity contribution >= 4 is 11.8 Å². The second kappa shape index (κ2) is 8.73. The molecule has 1 aromatic carbocycles. The van der Waals surface area contributed by atoms with Gasteiger partial charge in [0.05, 0.1) is 25.5 Å². The SMILES string of the molecule is CC(C)(C)OC(=O)N1CC[C@H](Oc2cc(C3=NOC4(CCOC4)C3)ccc2OC(F)F)C1. The Morgan fingerprint density at radius 1 is 1.31 bits per heavy atom. The molecule has 176 valence electrons. The van der Waals surface area contributed by atoms with E-state index in [0.717, 1.165) is 6.42 Å². The number of likely N-dealkylation sites (tertiary alicyclic amines) is 1. The summed E-state index contributed by atoms with van der Waals surface area (Å²) in [6.07, 6.45) is 1.05. The first-order chi connectivity index (χ1) is 15.1. The molecule has 8 nitrogen and oxygen atoms in total. The van der Waals surface area contributed by atoms with Crippen molar-refractivity contribution in [2.75, 3.05) is 26.3 Å². The maximum Gasteiger partial charge on any atom is 0.410 e. The van der Waals surface area contributed by atoms with Gasteiger partial charge in [0.25, 0.3) is 0 Å². The second-order valence-corrected chi connectivity index (χ2v) is 9.29. The number of ether oxygens (including phenoxy) is 4. The van der Waals surface area contributed by atoms with Gasteiger partial charge in [-0.1, -0.05) is 5.16 Å². The van der Waals surface area contributed by atoms with Crippen molar-refractivity contribution < 1.29 is 37.4 Å². The van der Waals surface area contributed by atoms with Gasteiger partial charge >= 0.3 is 12.7 Å². The fourth-order valence-corrected chi connectivity index (χ4v) is 3.95. The van der Waals surface area contributed by atoms with Gasteiger partial charge in [-0.05, 0) is 39.0 Å². The Hall–Kier alpha value is -2.62. The molecular formula is C22H28F2N2O6. The summed E-state index contributed by atoms with van der Waals surface area (Å²) < 4.78 is 47.4. The topological polar surface area (TPSA) is 78.8 Å². The highest BCUT2D eigenvalue weighted by molar-refractivity contribution is 6.02. The zero-order valence-electron chi connectivity index (χ0n) is 18.4. The molecule has 10 heteroatoms. The number of rotatable bonds is 5. The number of hydrogen-bond donors (Lipinski definition) is 0. The van der Waals surface area contributed by atoms with E-state index in [2.05, 4.69) is 9.89 Å². The minimum absolute atomic E-state index is 0.0714. The molecule has 0 N–H and O–H groups in total. The van der Waals surface area contributed by atoms with Crippen molar-refractivity contribution in [2.45, 2.75) is 64.0 Å². The number of carbonyl (C=O) groups excluding carboxylic acids is 1. The molecule has 1 amide bonds. The van der Waals surface area contributed by atoms with Crippen LogP contribution in [0.15, 0.2) is 23.4 Å². The van der Waals surface area contributed by atoms with Gasteiger partial charge in [-0.3, -0.25) is 0 Å². The number of nitrogens with zero attached hydrogens (tertiary/aromatic N) is 2. The predicted octanol–water partition coefficient (Wildman–Crippen LogP) is 3.96. The average Bonchev–Trinajstić information content (AvgIpc) is 3.44. The minimum Gasteiger partial charge on any atom is -0.485 e. The zero-order chi connectivity index (χ0) is 22.9. The van der Waals surface area contributed by atoms with Crippen molar-refractivity contribution in [3.8, 4) is 11.5 Å². The molecule has 3 heterocycles. The van der Waals surface area contributed by atoms with Gasteiger partial charge in [-0.25, -0.2) is 4.79 Å². The molecule has 0 aromatic heterocycles. The lowest BCUT2D eigenvalue weighted by Gasteiger charge is -2.24. The van der Waals surface area contributed by atoms with E-state index in [0.29, 0.717) is 43.9 Å². The van der Waals surface area contributed by atoms with Crippen LogP contribution in [0.4, 0.5) is 13.6 Å². The average molecular weight is 454 g/mol. The van der Waals surface area contributed by atoms with Crippen LogP contribution in [0.1, 0.15) is 45.6 Å². The van der Waals surface area contributed by atoms with Crippen LogP contribution in [-0.2, 0) is 14.3 Å². The minimum atomic E-state index is -2.99. The largest absolute Gasteiger partial charge is 0.485 e. The third kappa shape index (κ3) is 5.23. The molecule has 3 aliphatic rings. The van der Waals surface area contributed by atoms with Crippen molar-refractivity contribution in [1.82, 2.24) is 4.90 Å². The summed E-state index contributed by atoms with van der Waals surface area (Å²) in [5.74, 6) is 0.100. The van der Waals surface area contributed by atoms with Gasteiger partial charge < -0.3 is 28.7 Å². The third-order valence-corrected chi connectivity index (χ3v) is 5.49. The number of alkyl halides is 2. The van der Waals surface area contributed by atoms with Gasteiger partial charge in [0.15, 0.2) is 17.1 Å². The molecule has 1 spiro atoms. The molecule has 0 radical (unpaired) electrons. The van der Waals surface area contributed by atoms with Crippen LogP contribution >= 0.6 is 0 Å². The first-order valence-corrected chi connectivity index (χ1v) is 10.7. The van der Waals surface area contributed by atoms with E-state index in [-0.39, 0.29) is 24.1 Å². The van der Waals surface area contributed by atoms with E-state index < -0.39 is 23.9 Å². The zero-order valence-corrected chi connectivity index (χ0v) is 18.4. The molecule has 0 bridgehead atoms. The Morgan fingerprint density at radius 2 is 2.12 bits per heavy atom. The molecule has 1 unspecified atom stereocenters. The smallest absolute Gasteiger partial charge is 0.410 e. The van der Waals surface area contributed by atoms with Crippen LogP contribution in [0, 0.1) is 0 Å². The van der Waals surface area contributed by atoms with Gasteiger partial charge in [0, 0.05) is 31.4 Å². The molecule has 0 saturated carbocycles. The Kier molecular flexibility index (Phi) is 6.15. The van der Waals surface area contributed by atoms with Gasteiger partial charge in [0.1, 0.15) is 11.7 Å². The van der Waals surface area contributed by atoms with E-state index in [9.17, 15) is 13.6 Å². The summed E-state index contributed by atoms with van der Waals surface area (Å²) in [5, 5.41) is 4.20. The van der Waals surface area contributed by atoms with E-state index in [1.807, 2.05) is 0 Å². The highest BCUT2D eigenvalue weighted by Gasteiger charge is 2.43. The standard InChI is InChI=1S/C22H28F2N2O6/c1-21(2,3)31-20(27)26-8-6-15(12-26)29-18-10-14(4-5-17(18)30-19(23)24)16-11-22(32-25-16)7-9-28-13-22/h4-5,10,15,19H,6-9,11-13H2,1-3H3/t15-,22?/m0/s1. The number of benzene rings is 1. The van der Waals surface area contributed by atoms with Crippen molar-refractivity contribution in [1.29, 1.82) is 0 Å². The van der Waals surface area contributed by atoms with Crippen molar-refractivity contribution in [3.05, 3.63) is 23.8 Å². The fourth-order valence-electron chi connectivity index (χ4n) is 3.95. The maximum atomic E-state index is 12.9. The highest BCUT2D eigenvalue weighted by Crippen LogP contribution is 2.37. The van der Waals surface area contributed by atoms with E-state index in [1.165, 1.54) is 6.07 Å². The first-order valence-electron chi connectivity index (χ1n) is 10.7.